The average Bonchev–Trinajstić information content (AvgIpc) is 2.15. The van der Waals surface area contributed by atoms with E-state index in [-0.39, 0.29) is 12.6 Å². The number of rotatable bonds is 4. The van der Waals surface area contributed by atoms with E-state index >= 15 is 0 Å². The van der Waals surface area contributed by atoms with Gasteiger partial charge in [-0.1, -0.05) is 6.42 Å². The van der Waals surface area contributed by atoms with Gasteiger partial charge in [0.25, 0.3) is 0 Å². The van der Waals surface area contributed by atoms with Gasteiger partial charge >= 0.3 is 0 Å². The summed E-state index contributed by atoms with van der Waals surface area (Å²) in [6.45, 7) is 3.69. The number of nitrogens with zero attached hydrogens (tertiary/aromatic N) is 1. The third-order valence-electron chi connectivity index (χ3n) is 2.80. The molecule has 1 N–H and O–H groups in total. The fraction of sp³-hybridized carbons (Fsp3) is 1.00. The van der Waals surface area contributed by atoms with Gasteiger partial charge in [-0.3, -0.25) is 4.90 Å². The second-order valence-electron chi connectivity index (χ2n) is 3.85. The molecule has 0 saturated carbocycles. The van der Waals surface area contributed by atoms with E-state index in [1.807, 2.05) is 0 Å². The van der Waals surface area contributed by atoms with Gasteiger partial charge < -0.3 is 5.11 Å². The number of aliphatic hydroxyl groups excluding tert-OH is 1. The van der Waals surface area contributed by atoms with Gasteiger partial charge in [-0.25, -0.2) is 4.39 Å². The minimum absolute atomic E-state index is 0.0975. The predicted octanol–water partition coefficient (Wildman–Crippen LogP) is 1.58. The van der Waals surface area contributed by atoms with Crippen LogP contribution in [0, 0.1) is 0 Å². The monoisotopic (exact) mass is 189 g/mol. The zero-order chi connectivity index (χ0) is 9.68. The Balaban J connectivity index is 2.37. The Morgan fingerprint density at radius 2 is 2.31 bits per heavy atom. The fourth-order valence-electron chi connectivity index (χ4n) is 2.09. The Bertz CT molecular complexity index is 141. The van der Waals surface area contributed by atoms with E-state index in [9.17, 15) is 4.39 Å². The Morgan fingerprint density at radius 1 is 1.54 bits per heavy atom. The van der Waals surface area contributed by atoms with Crippen molar-refractivity contribution in [3.05, 3.63) is 0 Å². The van der Waals surface area contributed by atoms with Gasteiger partial charge in [-0.15, -0.1) is 0 Å². The molecular formula is C10H20FNO. The highest BCUT2D eigenvalue weighted by Gasteiger charge is 2.26. The molecule has 1 rings (SSSR count). The van der Waals surface area contributed by atoms with Crippen molar-refractivity contribution in [3.63, 3.8) is 0 Å². The number of halogens is 1. The SMILES string of the molecule is CC(F)C1CCCCN1CCCO. The van der Waals surface area contributed by atoms with Crippen LogP contribution in [0.3, 0.4) is 0 Å². The van der Waals surface area contributed by atoms with Crippen LogP contribution in [0.15, 0.2) is 0 Å². The second-order valence-corrected chi connectivity index (χ2v) is 3.85. The van der Waals surface area contributed by atoms with Crippen molar-refractivity contribution in [2.24, 2.45) is 0 Å². The Kier molecular flexibility index (Phi) is 4.67. The molecule has 2 nitrogen and oxygen atoms in total. The van der Waals surface area contributed by atoms with Gasteiger partial charge in [0.2, 0.25) is 0 Å². The van der Waals surface area contributed by atoms with Crippen LogP contribution >= 0.6 is 0 Å². The van der Waals surface area contributed by atoms with E-state index < -0.39 is 6.17 Å². The summed E-state index contributed by atoms with van der Waals surface area (Å²) in [5, 5.41) is 8.70. The number of piperidine rings is 1. The maximum Gasteiger partial charge on any atom is 0.113 e. The Morgan fingerprint density at radius 3 is 2.92 bits per heavy atom. The van der Waals surface area contributed by atoms with Crippen molar-refractivity contribution in [2.45, 2.75) is 44.8 Å². The van der Waals surface area contributed by atoms with Crippen LogP contribution in [-0.4, -0.2) is 41.9 Å². The molecule has 1 aliphatic heterocycles. The van der Waals surface area contributed by atoms with E-state index in [0.717, 1.165) is 32.4 Å². The first kappa shape index (κ1) is 10.9. The molecule has 1 saturated heterocycles. The molecule has 0 radical (unpaired) electrons. The van der Waals surface area contributed by atoms with E-state index in [1.54, 1.807) is 6.92 Å². The minimum Gasteiger partial charge on any atom is -0.396 e. The second kappa shape index (κ2) is 5.55. The van der Waals surface area contributed by atoms with Crippen molar-refractivity contribution >= 4 is 0 Å². The molecule has 1 heterocycles. The summed E-state index contributed by atoms with van der Waals surface area (Å²) in [5.41, 5.74) is 0. The zero-order valence-electron chi connectivity index (χ0n) is 8.38. The topological polar surface area (TPSA) is 23.5 Å². The molecule has 0 aromatic carbocycles. The number of alkyl halides is 1. The number of hydrogen-bond acceptors (Lipinski definition) is 2. The van der Waals surface area contributed by atoms with Crippen molar-refractivity contribution in [1.29, 1.82) is 0 Å². The molecule has 1 aliphatic rings. The molecule has 0 aromatic heterocycles. The molecule has 2 atom stereocenters. The molecular weight excluding hydrogens is 169 g/mol. The van der Waals surface area contributed by atoms with Crippen LogP contribution in [0.5, 0.6) is 0 Å². The highest BCUT2D eigenvalue weighted by molar-refractivity contribution is 4.80. The third kappa shape index (κ3) is 3.24. The molecule has 2 unspecified atom stereocenters. The molecule has 13 heavy (non-hydrogen) atoms. The lowest BCUT2D eigenvalue weighted by molar-refractivity contribution is 0.0779. The van der Waals surface area contributed by atoms with E-state index in [2.05, 4.69) is 4.90 Å². The van der Waals surface area contributed by atoms with Crippen LogP contribution in [-0.2, 0) is 0 Å². The molecule has 0 aliphatic carbocycles. The van der Waals surface area contributed by atoms with Crippen LogP contribution in [0.4, 0.5) is 4.39 Å². The highest BCUT2D eigenvalue weighted by Crippen LogP contribution is 2.21. The lowest BCUT2D eigenvalue weighted by Crippen LogP contribution is -2.44. The molecule has 0 amide bonds. The number of hydrogen-bond donors (Lipinski definition) is 1. The summed E-state index contributed by atoms with van der Waals surface area (Å²) >= 11 is 0. The predicted molar refractivity (Wildman–Crippen MR) is 51.5 cm³/mol. The first-order chi connectivity index (χ1) is 6.25. The zero-order valence-corrected chi connectivity index (χ0v) is 8.38. The number of likely N-dealkylation sites (tertiary alicyclic amines) is 1. The standard InChI is InChI=1S/C10H20FNO/c1-9(11)10-5-2-3-6-12(10)7-4-8-13/h9-10,13H,2-8H2,1H3. The number of aliphatic hydroxyl groups is 1. The highest BCUT2D eigenvalue weighted by atomic mass is 19.1. The maximum atomic E-state index is 13.2. The molecule has 1 fully saturated rings. The summed E-state index contributed by atoms with van der Waals surface area (Å²) in [4.78, 5) is 2.18. The Labute approximate surface area is 79.7 Å². The quantitative estimate of drug-likeness (QED) is 0.726. The minimum atomic E-state index is -0.737. The summed E-state index contributed by atoms with van der Waals surface area (Å²) in [6, 6.07) is 0.0975. The first-order valence-corrected chi connectivity index (χ1v) is 5.24. The van der Waals surface area contributed by atoms with Crippen LogP contribution < -0.4 is 0 Å². The van der Waals surface area contributed by atoms with Gasteiger partial charge in [0.15, 0.2) is 0 Å². The van der Waals surface area contributed by atoms with E-state index in [0.29, 0.717) is 0 Å². The third-order valence-corrected chi connectivity index (χ3v) is 2.80. The van der Waals surface area contributed by atoms with Gasteiger partial charge in [-0.05, 0) is 32.7 Å². The normalized spacial score (nSPS) is 27.5. The van der Waals surface area contributed by atoms with Crippen molar-refractivity contribution < 1.29 is 9.50 Å². The smallest absolute Gasteiger partial charge is 0.113 e. The molecule has 78 valence electrons. The van der Waals surface area contributed by atoms with Crippen LogP contribution in [0.1, 0.15) is 32.6 Å². The van der Waals surface area contributed by atoms with Crippen molar-refractivity contribution in [1.82, 2.24) is 4.90 Å². The molecule has 0 bridgehead atoms. The van der Waals surface area contributed by atoms with Gasteiger partial charge in [-0.2, -0.15) is 0 Å². The van der Waals surface area contributed by atoms with Crippen LogP contribution in [0.25, 0.3) is 0 Å². The van der Waals surface area contributed by atoms with Gasteiger partial charge in [0.05, 0.1) is 0 Å². The summed E-state index contributed by atoms with van der Waals surface area (Å²) in [7, 11) is 0. The van der Waals surface area contributed by atoms with E-state index in [1.165, 1.54) is 6.42 Å². The first-order valence-electron chi connectivity index (χ1n) is 5.24. The van der Waals surface area contributed by atoms with Crippen molar-refractivity contribution in [2.75, 3.05) is 19.7 Å². The maximum absolute atomic E-state index is 13.2. The summed E-state index contributed by atoms with van der Waals surface area (Å²) in [5.74, 6) is 0. The molecule has 0 spiro atoms. The van der Waals surface area contributed by atoms with Gasteiger partial charge in [0, 0.05) is 19.2 Å². The van der Waals surface area contributed by atoms with E-state index in [4.69, 9.17) is 5.11 Å². The van der Waals surface area contributed by atoms with Gasteiger partial charge in [0.1, 0.15) is 6.17 Å². The molecule has 3 heteroatoms. The fourth-order valence-corrected chi connectivity index (χ4v) is 2.09. The average molecular weight is 189 g/mol. The van der Waals surface area contributed by atoms with Crippen molar-refractivity contribution in [3.8, 4) is 0 Å². The lowest BCUT2D eigenvalue weighted by atomic mass is 9.99. The largest absolute Gasteiger partial charge is 0.396 e. The Hall–Kier alpha value is -0.150. The summed E-state index contributed by atoms with van der Waals surface area (Å²) in [6.07, 6.45) is 3.33. The lowest BCUT2D eigenvalue weighted by Gasteiger charge is -2.36. The van der Waals surface area contributed by atoms with Crippen LogP contribution in [0.2, 0.25) is 0 Å². The molecule has 0 aromatic rings. The summed E-state index contributed by atoms with van der Waals surface area (Å²) < 4.78 is 13.2.